The van der Waals surface area contributed by atoms with E-state index in [2.05, 4.69) is 4.72 Å². The quantitative estimate of drug-likeness (QED) is 0.859. The Morgan fingerprint density at radius 1 is 1.32 bits per heavy atom. The number of benzene rings is 1. The van der Waals surface area contributed by atoms with Crippen LogP contribution < -0.4 is 10.5 Å². The van der Waals surface area contributed by atoms with Crippen molar-refractivity contribution < 1.29 is 8.42 Å². The van der Waals surface area contributed by atoms with Crippen LogP contribution in [-0.2, 0) is 10.2 Å². The Kier molecular flexibility index (Phi) is 5.76. The lowest BCUT2D eigenvalue weighted by Crippen LogP contribution is -2.40. The largest absolute Gasteiger partial charge is 0.326 e. The van der Waals surface area contributed by atoms with Gasteiger partial charge in [0.25, 0.3) is 10.2 Å². The summed E-state index contributed by atoms with van der Waals surface area (Å²) in [6, 6.07) is 9.67. The minimum absolute atomic E-state index is 0. The highest BCUT2D eigenvalue weighted by Crippen LogP contribution is 2.27. The number of nitrogens with two attached hydrogens (primary N) is 1. The van der Waals surface area contributed by atoms with Crippen LogP contribution in [0.2, 0.25) is 0 Å². The SMILES string of the molecule is CCNS(=O)(=O)N1C[C@@H](N)[C@H](c2ccccc2)C1.Cl. The highest BCUT2D eigenvalue weighted by atomic mass is 35.5. The minimum Gasteiger partial charge on any atom is -0.326 e. The number of nitrogens with zero attached hydrogens (tertiary/aromatic N) is 1. The van der Waals surface area contributed by atoms with Crippen molar-refractivity contribution in [1.29, 1.82) is 0 Å². The summed E-state index contributed by atoms with van der Waals surface area (Å²) in [6.07, 6.45) is 0. The predicted molar refractivity (Wildman–Crippen MR) is 78.6 cm³/mol. The van der Waals surface area contributed by atoms with E-state index in [1.165, 1.54) is 4.31 Å². The van der Waals surface area contributed by atoms with Gasteiger partial charge in [0.05, 0.1) is 0 Å². The summed E-state index contributed by atoms with van der Waals surface area (Å²) in [6.45, 7) is 2.97. The average molecular weight is 306 g/mol. The zero-order valence-corrected chi connectivity index (χ0v) is 12.5. The van der Waals surface area contributed by atoms with E-state index in [9.17, 15) is 8.42 Å². The summed E-state index contributed by atoms with van der Waals surface area (Å²) in [7, 11) is -3.38. The summed E-state index contributed by atoms with van der Waals surface area (Å²) in [5.41, 5.74) is 7.16. The molecule has 1 aliphatic rings. The van der Waals surface area contributed by atoms with Crippen molar-refractivity contribution >= 4 is 22.6 Å². The second kappa shape index (κ2) is 6.67. The summed E-state index contributed by atoms with van der Waals surface area (Å²) >= 11 is 0. The van der Waals surface area contributed by atoms with Gasteiger partial charge in [-0.3, -0.25) is 0 Å². The number of rotatable bonds is 4. The molecule has 7 heteroatoms. The zero-order valence-electron chi connectivity index (χ0n) is 10.8. The fraction of sp³-hybridized carbons (Fsp3) is 0.500. The Morgan fingerprint density at radius 3 is 2.53 bits per heavy atom. The molecule has 1 aliphatic heterocycles. The third-order valence-electron chi connectivity index (χ3n) is 3.23. The molecule has 0 aromatic heterocycles. The second-order valence-corrected chi connectivity index (χ2v) is 6.26. The molecule has 1 aromatic rings. The third-order valence-corrected chi connectivity index (χ3v) is 4.86. The molecular formula is C12H20ClN3O2S. The molecule has 1 aromatic carbocycles. The topological polar surface area (TPSA) is 75.4 Å². The first-order valence-corrected chi connectivity index (χ1v) is 7.54. The van der Waals surface area contributed by atoms with Crippen LogP contribution >= 0.6 is 12.4 Å². The van der Waals surface area contributed by atoms with Gasteiger partial charge in [0, 0.05) is 31.6 Å². The lowest BCUT2D eigenvalue weighted by Gasteiger charge is -2.16. The van der Waals surface area contributed by atoms with Crippen molar-refractivity contribution in [3.05, 3.63) is 35.9 Å². The van der Waals surface area contributed by atoms with Crippen molar-refractivity contribution in [2.75, 3.05) is 19.6 Å². The molecule has 0 saturated carbocycles. The molecule has 0 unspecified atom stereocenters. The fourth-order valence-electron chi connectivity index (χ4n) is 2.31. The molecule has 2 rings (SSSR count). The fourth-order valence-corrected chi connectivity index (χ4v) is 3.59. The van der Waals surface area contributed by atoms with Gasteiger partial charge >= 0.3 is 0 Å². The summed E-state index contributed by atoms with van der Waals surface area (Å²) in [5.74, 6) is 0.0691. The molecule has 2 atom stereocenters. The number of nitrogens with one attached hydrogen (secondary N) is 1. The first-order valence-electron chi connectivity index (χ1n) is 6.10. The maximum Gasteiger partial charge on any atom is 0.279 e. The van der Waals surface area contributed by atoms with Gasteiger partial charge in [0.2, 0.25) is 0 Å². The van der Waals surface area contributed by atoms with Gasteiger partial charge in [-0.05, 0) is 5.56 Å². The average Bonchev–Trinajstić information content (AvgIpc) is 2.73. The Balaban J connectivity index is 0.00000180. The Bertz CT molecular complexity index is 495. The van der Waals surface area contributed by atoms with E-state index in [1.54, 1.807) is 6.92 Å². The molecule has 1 fully saturated rings. The lowest BCUT2D eigenvalue weighted by atomic mass is 9.95. The molecule has 0 amide bonds. The van der Waals surface area contributed by atoms with Crippen LogP contribution in [0.25, 0.3) is 0 Å². The van der Waals surface area contributed by atoms with E-state index in [1.807, 2.05) is 30.3 Å². The normalized spacial score (nSPS) is 24.1. The van der Waals surface area contributed by atoms with E-state index in [0.717, 1.165) is 5.56 Å². The van der Waals surface area contributed by atoms with Crippen LogP contribution in [0, 0.1) is 0 Å². The molecule has 108 valence electrons. The van der Waals surface area contributed by atoms with Gasteiger partial charge < -0.3 is 5.73 Å². The standard InChI is InChI=1S/C12H19N3O2S.ClH/c1-2-14-18(16,17)15-8-11(12(13)9-15)10-6-4-3-5-7-10;/h3-7,11-12,14H,2,8-9,13H2,1H3;1H/t11-,12+;/m0./s1. The number of hydrogen-bond donors (Lipinski definition) is 2. The second-order valence-electron chi connectivity index (χ2n) is 4.50. The Hall–Kier alpha value is -0.660. The third kappa shape index (κ3) is 3.67. The minimum atomic E-state index is -3.38. The van der Waals surface area contributed by atoms with Crippen molar-refractivity contribution in [2.24, 2.45) is 5.73 Å². The van der Waals surface area contributed by atoms with Gasteiger partial charge in [-0.1, -0.05) is 37.3 Å². The van der Waals surface area contributed by atoms with Gasteiger partial charge in [-0.2, -0.15) is 12.7 Å². The Labute approximate surface area is 120 Å². The monoisotopic (exact) mass is 305 g/mol. The smallest absolute Gasteiger partial charge is 0.279 e. The summed E-state index contributed by atoms with van der Waals surface area (Å²) in [5, 5.41) is 0. The van der Waals surface area contributed by atoms with Crippen LogP contribution in [0.15, 0.2) is 30.3 Å². The molecular weight excluding hydrogens is 286 g/mol. The van der Waals surface area contributed by atoms with Gasteiger partial charge in [-0.15, -0.1) is 12.4 Å². The van der Waals surface area contributed by atoms with Crippen LogP contribution in [0.5, 0.6) is 0 Å². The number of halogens is 1. The van der Waals surface area contributed by atoms with Crippen molar-refractivity contribution in [3.63, 3.8) is 0 Å². The first kappa shape index (κ1) is 16.4. The van der Waals surface area contributed by atoms with Gasteiger partial charge in [-0.25, -0.2) is 4.72 Å². The Morgan fingerprint density at radius 2 is 1.95 bits per heavy atom. The molecule has 0 radical (unpaired) electrons. The highest BCUT2D eigenvalue weighted by molar-refractivity contribution is 7.87. The molecule has 5 nitrogen and oxygen atoms in total. The van der Waals surface area contributed by atoms with E-state index >= 15 is 0 Å². The maximum absolute atomic E-state index is 11.9. The molecule has 1 saturated heterocycles. The van der Waals surface area contributed by atoms with Gasteiger partial charge in [0.15, 0.2) is 0 Å². The molecule has 1 heterocycles. The molecule has 0 bridgehead atoms. The first-order chi connectivity index (χ1) is 8.54. The predicted octanol–water partition coefficient (Wildman–Crippen LogP) is 0.689. The van der Waals surface area contributed by atoms with E-state index < -0.39 is 10.2 Å². The van der Waals surface area contributed by atoms with Crippen LogP contribution in [0.3, 0.4) is 0 Å². The molecule has 0 aliphatic carbocycles. The van der Waals surface area contributed by atoms with Crippen molar-refractivity contribution in [1.82, 2.24) is 9.03 Å². The molecule has 3 N–H and O–H groups in total. The zero-order chi connectivity index (χ0) is 13.2. The van der Waals surface area contributed by atoms with Crippen molar-refractivity contribution in [2.45, 2.75) is 18.9 Å². The molecule has 0 spiro atoms. The van der Waals surface area contributed by atoms with Gasteiger partial charge in [0.1, 0.15) is 0 Å². The summed E-state index contributed by atoms with van der Waals surface area (Å²) in [4.78, 5) is 0. The van der Waals surface area contributed by atoms with Crippen LogP contribution in [0.1, 0.15) is 18.4 Å². The van der Waals surface area contributed by atoms with E-state index in [4.69, 9.17) is 5.73 Å². The van der Waals surface area contributed by atoms with Crippen LogP contribution in [0.4, 0.5) is 0 Å². The molecule has 19 heavy (non-hydrogen) atoms. The number of hydrogen-bond acceptors (Lipinski definition) is 3. The maximum atomic E-state index is 11.9. The highest BCUT2D eigenvalue weighted by Gasteiger charge is 2.37. The van der Waals surface area contributed by atoms with E-state index in [-0.39, 0.29) is 24.4 Å². The lowest BCUT2D eigenvalue weighted by molar-refractivity contribution is 0.460. The van der Waals surface area contributed by atoms with Crippen LogP contribution in [-0.4, -0.2) is 38.4 Å². The van der Waals surface area contributed by atoms with E-state index in [0.29, 0.717) is 19.6 Å². The van der Waals surface area contributed by atoms with Crippen molar-refractivity contribution in [3.8, 4) is 0 Å². The summed E-state index contributed by atoms with van der Waals surface area (Å²) < 4.78 is 27.8.